The molecule has 132 valence electrons. The Balaban J connectivity index is 1.94. The summed E-state index contributed by atoms with van der Waals surface area (Å²) in [6.07, 6.45) is 5.38. The van der Waals surface area contributed by atoms with Crippen LogP contribution in [0.2, 0.25) is 0 Å². The van der Waals surface area contributed by atoms with Crippen molar-refractivity contribution in [3.05, 3.63) is 47.0 Å². The number of unbranched alkanes of at least 4 members (excludes halogenated alkanes) is 2. The van der Waals surface area contributed by atoms with Gasteiger partial charge in [0.25, 0.3) is 0 Å². The Morgan fingerprint density at radius 2 is 1.68 bits per heavy atom. The van der Waals surface area contributed by atoms with Crippen LogP contribution in [0, 0.1) is 6.92 Å². The molecule has 0 aliphatic carbocycles. The molecule has 0 saturated carbocycles. The zero-order valence-corrected chi connectivity index (χ0v) is 15.4. The van der Waals surface area contributed by atoms with Gasteiger partial charge in [-0.3, -0.25) is 0 Å². The lowest BCUT2D eigenvalue weighted by Crippen LogP contribution is -2.06. The number of fused-ring (bicyclic) bond motifs is 1. The average molecular weight is 337 g/mol. The number of nitrogens with two attached hydrogens (primary N) is 1. The SMILES string of the molecule is CCCCCc1nc(N)c2nc(C)n(Cc3ccc(CC)cc3)c2n1. The van der Waals surface area contributed by atoms with Gasteiger partial charge < -0.3 is 10.3 Å². The maximum atomic E-state index is 6.15. The number of benzene rings is 1. The number of rotatable bonds is 7. The fraction of sp³-hybridized carbons (Fsp3) is 0.450. The molecule has 0 amide bonds. The second-order valence-electron chi connectivity index (χ2n) is 6.57. The van der Waals surface area contributed by atoms with Crippen molar-refractivity contribution in [1.29, 1.82) is 0 Å². The number of anilines is 1. The Kier molecular flexibility index (Phi) is 5.31. The summed E-state index contributed by atoms with van der Waals surface area (Å²) in [6, 6.07) is 8.72. The molecule has 0 fully saturated rings. The van der Waals surface area contributed by atoms with Crippen molar-refractivity contribution in [3.8, 4) is 0 Å². The van der Waals surface area contributed by atoms with Crippen LogP contribution < -0.4 is 5.73 Å². The summed E-state index contributed by atoms with van der Waals surface area (Å²) in [5, 5.41) is 0. The summed E-state index contributed by atoms with van der Waals surface area (Å²) in [4.78, 5) is 13.8. The zero-order valence-electron chi connectivity index (χ0n) is 15.4. The van der Waals surface area contributed by atoms with Gasteiger partial charge in [0.2, 0.25) is 0 Å². The minimum absolute atomic E-state index is 0.486. The first-order valence-corrected chi connectivity index (χ1v) is 9.19. The first kappa shape index (κ1) is 17.4. The highest BCUT2D eigenvalue weighted by Gasteiger charge is 2.14. The van der Waals surface area contributed by atoms with E-state index in [1.807, 2.05) is 6.92 Å². The fourth-order valence-electron chi connectivity index (χ4n) is 3.07. The standard InChI is InChI=1S/C20H27N5/c1-4-6-7-8-17-23-19(21)18-20(24-17)25(14(3)22-18)13-16-11-9-15(5-2)10-12-16/h9-12H,4-8,13H2,1-3H3,(H2,21,23,24). The Bertz CT molecular complexity index is 849. The molecule has 0 aliphatic rings. The minimum atomic E-state index is 0.486. The minimum Gasteiger partial charge on any atom is -0.382 e. The summed E-state index contributed by atoms with van der Waals surface area (Å²) in [7, 11) is 0. The maximum Gasteiger partial charge on any atom is 0.166 e. The lowest BCUT2D eigenvalue weighted by Gasteiger charge is -2.08. The van der Waals surface area contributed by atoms with Crippen molar-refractivity contribution >= 4 is 17.0 Å². The number of nitrogen functional groups attached to an aromatic ring is 1. The molecular formula is C20H27N5. The molecule has 5 nitrogen and oxygen atoms in total. The van der Waals surface area contributed by atoms with Crippen LogP contribution in [0.5, 0.6) is 0 Å². The van der Waals surface area contributed by atoms with E-state index in [1.54, 1.807) is 0 Å². The highest BCUT2D eigenvalue weighted by molar-refractivity contribution is 5.82. The second kappa shape index (κ2) is 7.64. The lowest BCUT2D eigenvalue weighted by molar-refractivity contribution is 0.693. The average Bonchev–Trinajstić information content (AvgIpc) is 2.93. The number of nitrogens with zero attached hydrogens (tertiary/aromatic N) is 4. The number of aromatic nitrogens is 4. The predicted molar refractivity (Wildman–Crippen MR) is 103 cm³/mol. The van der Waals surface area contributed by atoms with Crippen molar-refractivity contribution in [3.63, 3.8) is 0 Å². The van der Waals surface area contributed by atoms with E-state index in [0.29, 0.717) is 11.3 Å². The highest BCUT2D eigenvalue weighted by Crippen LogP contribution is 2.21. The molecule has 0 radical (unpaired) electrons. The van der Waals surface area contributed by atoms with E-state index in [2.05, 4.69) is 52.6 Å². The van der Waals surface area contributed by atoms with Gasteiger partial charge in [0.05, 0.1) is 6.54 Å². The smallest absolute Gasteiger partial charge is 0.166 e. The molecule has 3 aromatic rings. The highest BCUT2D eigenvalue weighted by atomic mass is 15.2. The van der Waals surface area contributed by atoms with Crippen LogP contribution in [-0.2, 0) is 19.4 Å². The molecule has 2 aromatic heterocycles. The van der Waals surface area contributed by atoms with Gasteiger partial charge >= 0.3 is 0 Å². The third-order valence-electron chi connectivity index (χ3n) is 4.63. The van der Waals surface area contributed by atoms with Gasteiger partial charge in [0.15, 0.2) is 17.0 Å². The first-order valence-electron chi connectivity index (χ1n) is 9.19. The number of hydrogen-bond donors (Lipinski definition) is 1. The summed E-state index contributed by atoms with van der Waals surface area (Å²) in [5.41, 5.74) is 10.3. The summed E-state index contributed by atoms with van der Waals surface area (Å²) in [6.45, 7) is 7.11. The molecule has 0 atom stereocenters. The predicted octanol–water partition coefficient (Wildman–Crippen LogP) is 4.06. The normalized spacial score (nSPS) is 11.3. The maximum absolute atomic E-state index is 6.15. The van der Waals surface area contributed by atoms with Gasteiger partial charge in [-0.15, -0.1) is 0 Å². The summed E-state index contributed by atoms with van der Waals surface area (Å²) >= 11 is 0. The van der Waals surface area contributed by atoms with Gasteiger partial charge in [-0.1, -0.05) is 51.0 Å². The Morgan fingerprint density at radius 3 is 2.36 bits per heavy atom. The van der Waals surface area contributed by atoms with Crippen LogP contribution in [0.4, 0.5) is 5.82 Å². The third-order valence-corrected chi connectivity index (χ3v) is 4.63. The van der Waals surface area contributed by atoms with Crippen molar-refractivity contribution < 1.29 is 0 Å². The van der Waals surface area contributed by atoms with E-state index >= 15 is 0 Å². The topological polar surface area (TPSA) is 69.6 Å². The van der Waals surface area contributed by atoms with E-state index < -0.39 is 0 Å². The Labute approximate surface area is 149 Å². The summed E-state index contributed by atoms with van der Waals surface area (Å²) in [5.74, 6) is 2.22. The van der Waals surface area contributed by atoms with Gasteiger partial charge in [0.1, 0.15) is 11.6 Å². The molecule has 25 heavy (non-hydrogen) atoms. The van der Waals surface area contributed by atoms with Crippen LogP contribution in [0.15, 0.2) is 24.3 Å². The van der Waals surface area contributed by atoms with Crippen LogP contribution in [0.1, 0.15) is 55.9 Å². The molecule has 0 unspecified atom stereocenters. The Morgan fingerprint density at radius 1 is 0.960 bits per heavy atom. The monoisotopic (exact) mass is 337 g/mol. The van der Waals surface area contributed by atoms with Crippen LogP contribution in [-0.4, -0.2) is 19.5 Å². The molecule has 3 rings (SSSR count). The van der Waals surface area contributed by atoms with Crippen molar-refractivity contribution in [2.75, 3.05) is 5.73 Å². The number of hydrogen-bond acceptors (Lipinski definition) is 4. The van der Waals surface area contributed by atoms with E-state index in [9.17, 15) is 0 Å². The van der Waals surface area contributed by atoms with Gasteiger partial charge in [0, 0.05) is 6.42 Å². The molecule has 2 heterocycles. The van der Waals surface area contributed by atoms with Gasteiger partial charge in [-0.2, -0.15) is 0 Å². The molecule has 0 aliphatic heterocycles. The van der Waals surface area contributed by atoms with Gasteiger partial charge in [-0.25, -0.2) is 15.0 Å². The van der Waals surface area contributed by atoms with E-state index in [0.717, 1.165) is 43.1 Å². The van der Waals surface area contributed by atoms with Crippen LogP contribution in [0.25, 0.3) is 11.2 Å². The van der Waals surface area contributed by atoms with E-state index in [4.69, 9.17) is 10.7 Å². The van der Waals surface area contributed by atoms with E-state index in [1.165, 1.54) is 24.0 Å². The van der Waals surface area contributed by atoms with Crippen molar-refractivity contribution in [2.45, 2.75) is 59.4 Å². The first-order chi connectivity index (χ1) is 12.1. The van der Waals surface area contributed by atoms with E-state index in [-0.39, 0.29) is 0 Å². The quantitative estimate of drug-likeness (QED) is 0.660. The zero-order chi connectivity index (χ0) is 17.8. The van der Waals surface area contributed by atoms with Crippen molar-refractivity contribution in [1.82, 2.24) is 19.5 Å². The molecule has 1 aromatic carbocycles. The number of aryl methyl sites for hydroxylation is 3. The Hall–Kier alpha value is -2.43. The fourth-order valence-corrected chi connectivity index (χ4v) is 3.07. The lowest BCUT2D eigenvalue weighted by atomic mass is 10.1. The molecule has 0 saturated heterocycles. The molecular weight excluding hydrogens is 310 g/mol. The second-order valence-corrected chi connectivity index (χ2v) is 6.57. The van der Waals surface area contributed by atoms with Crippen LogP contribution >= 0.6 is 0 Å². The molecule has 0 spiro atoms. The van der Waals surface area contributed by atoms with Crippen LogP contribution in [0.3, 0.4) is 0 Å². The molecule has 0 bridgehead atoms. The molecule has 5 heteroatoms. The van der Waals surface area contributed by atoms with Crippen molar-refractivity contribution in [2.24, 2.45) is 0 Å². The number of imidazole rings is 1. The third kappa shape index (κ3) is 3.81. The summed E-state index contributed by atoms with van der Waals surface area (Å²) < 4.78 is 2.14. The van der Waals surface area contributed by atoms with Gasteiger partial charge in [-0.05, 0) is 30.9 Å². The molecule has 2 N–H and O–H groups in total. The largest absolute Gasteiger partial charge is 0.382 e.